The Kier molecular flexibility index (Phi) is 5.54. The predicted octanol–water partition coefficient (Wildman–Crippen LogP) is 3.56. The lowest BCUT2D eigenvalue weighted by Crippen LogP contribution is -2.29. The molecule has 2 aromatic carbocycles. The van der Waals surface area contributed by atoms with Crippen molar-refractivity contribution in [2.45, 2.75) is 13.1 Å². The number of hydrogen-bond acceptors (Lipinski definition) is 4. The van der Waals surface area contributed by atoms with Crippen LogP contribution in [-0.4, -0.2) is 20.7 Å². The molecule has 0 aliphatic rings. The molecule has 0 spiro atoms. The van der Waals surface area contributed by atoms with Gasteiger partial charge in [-0.1, -0.05) is 41.9 Å². The van der Waals surface area contributed by atoms with Crippen molar-refractivity contribution >= 4 is 28.3 Å². The number of nitrogens with one attached hydrogen (secondary N) is 1. The molecule has 0 bridgehead atoms. The third kappa shape index (κ3) is 3.92. The van der Waals surface area contributed by atoms with Crippen LogP contribution in [0.3, 0.4) is 0 Å². The summed E-state index contributed by atoms with van der Waals surface area (Å²) < 4.78 is 15.3. The molecule has 0 saturated heterocycles. The van der Waals surface area contributed by atoms with Gasteiger partial charge in [0.15, 0.2) is 0 Å². The zero-order valence-electron chi connectivity index (χ0n) is 15.7. The number of amides is 1. The Morgan fingerprint density at radius 1 is 1.03 bits per heavy atom. The summed E-state index contributed by atoms with van der Waals surface area (Å²) in [5.41, 5.74) is 0.659. The summed E-state index contributed by atoms with van der Waals surface area (Å²) in [7, 11) is 0. The highest BCUT2D eigenvalue weighted by Gasteiger charge is 2.17. The van der Waals surface area contributed by atoms with Gasteiger partial charge in [-0.05, 0) is 30.3 Å². The first-order valence-corrected chi connectivity index (χ1v) is 9.53. The zero-order chi connectivity index (χ0) is 21.1. The van der Waals surface area contributed by atoms with Crippen LogP contribution in [0.4, 0.5) is 4.39 Å². The normalized spacial score (nSPS) is 10.9. The average Bonchev–Trinajstić information content (AvgIpc) is 2.75. The molecule has 0 radical (unpaired) electrons. The summed E-state index contributed by atoms with van der Waals surface area (Å²) in [6, 6.07) is 16.5. The topological polar surface area (TPSA) is 76.9 Å². The van der Waals surface area contributed by atoms with E-state index in [4.69, 9.17) is 11.6 Å². The van der Waals surface area contributed by atoms with E-state index >= 15 is 0 Å². The molecule has 4 aromatic rings. The summed E-state index contributed by atoms with van der Waals surface area (Å²) in [6.45, 7) is 0.178. The fraction of sp³-hybridized carbons (Fsp3) is 0.0909. The molecule has 2 heterocycles. The van der Waals surface area contributed by atoms with Gasteiger partial charge in [0.1, 0.15) is 5.82 Å². The summed E-state index contributed by atoms with van der Waals surface area (Å²) >= 11 is 5.97. The Morgan fingerprint density at radius 2 is 1.80 bits per heavy atom. The number of carbonyl (C=O) groups excluding carboxylic acids is 1. The summed E-state index contributed by atoms with van der Waals surface area (Å²) in [5, 5.41) is 8.17. The predicted molar refractivity (Wildman–Crippen MR) is 112 cm³/mol. The molecule has 0 fully saturated rings. The molecule has 8 heteroatoms. The third-order valence-electron chi connectivity index (χ3n) is 4.59. The molecule has 1 N–H and O–H groups in total. The Bertz CT molecular complexity index is 1270. The monoisotopic (exact) mass is 422 g/mol. The quantitative estimate of drug-likeness (QED) is 0.533. The number of carbonyl (C=O) groups is 1. The van der Waals surface area contributed by atoms with Crippen molar-refractivity contribution in [3.63, 3.8) is 0 Å². The molecule has 0 aliphatic carbocycles. The van der Waals surface area contributed by atoms with Gasteiger partial charge in [-0.15, -0.1) is 0 Å². The van der Waals surface area contributed by atoms with Crippen molar-refractivity contribution in [3.8, 4) is 0 Å². The van der Waals surface area contributed by atoms with Gasteiger partial charge in [-0.25, -0.2) is 9.07 Å². The van der Waals surface area contributed by atoms with Crippen LogP contribution >= 0.6 is 11.6 Å². The maximum Gasteiger partial charge on any atom is 0.275 e. The second-order valence-corrected chi connectivity index (χ2v) is 6.96. The van der Waals surface area contributed by atoms with Crippen LogP contribution in [0.5, 0.6) is 0 Å². The van der Waals surface area contributed by atoms with Crippen molar-refractivity contribution in [3.05, 3.63) is 105 Å². The second-order valence-electron chi connectivity index (χ2n) is 6.56. The minimum Gasteiger partial charge on any atom is -0.346 e. The Morgan fingerprint density at radius 3 is 2.53 bits per heavy atom. The highest BCUT2D eigenvalue weighted by atomic mass is 35.5. The molecule has 1 amide bonds. The van der Waals surface area contributed by atoms with Gasteiger partial charge in [0.05, 0.1) is 40.4 Å². The number of aromatic nitrogens is 3. The van der Waals surface area contributed by atoms with E-state index in [1.165, 1.54) is 22.9 Å². The molecule has 4 rings (SSSR count). The van der Waals surface area contributed by atoms with Gasteiger partial charge >= 0.3 is 0 Å². The number of nitrogens with zero attached hydrogens (tertiary/aromatic N) is 3. The van der Waals surface area contributed by atoms with Gasteiger partial charge in [0, 0.05) is 11.6 Å². The van der Waals surface area contributed by atoms with E-state index < -0.39 is 11.7 Å². The molecule has 2 aromatic heterocycles. The van der Waals surface area contributed by atoms with E-state index in [9.17, 15) is 14.0 Å². The largest absolute Gasteiger partial charge is 0.346 e. The van der Waals surface area contributed by atoms with Crippen LogP contribution in [-0.2, 0) is 13.1 Å². The maximum atomic E-state index is 14.0. The Hall–Kier alpha value is -3.58. The van der Waals surface area contributed by atoms with E-state index in [1.54, 1.807) is 42.6 Å². The minimum absolute atomic E-state index is 0.00743. The van der Waals surface area contributed by atoms with Gasteiger partial charge in [-0.3, -0.25) is 14.6 Å². The number of benzene rings is 2. The van der Waals surface area contributed by atoms with Crippen molar-refractivity contribution < 1.29 is 9.18 Å². The highest BCUT2D eigenvalue weighted by Crippen LogP contribution is 2.19. The fourth-order valence-electron chi connectivity index (χ4n) is 3.16. The fourth-order valence-corrected chi connectivity index (χ4v) is 3.40. The molecule has 30 heavy (non-hydrogen) atoms. The van der Waals surface area contributed by atoms with Gasteiger partial charge in [0.2, 0.25) is 0 Å². The van der Waals surface area contributed by atoms with E-state index in [0.717, 1.165) is 0 Å². The van der Waals surface area contributed by atoms with Gasteiger partial charge in [-0.2, -0.15) is 5.10 Å². The van der Waals surface area contributed by atoms with Crippen LogP contribution < -0.4 is 10.9 Å². The number of hydrogen-bond donors (Lipinski definition) is 1. The van der Waals surface area contributed by atoms with Crippen LogP contribution in [0.1, 0.15) is 21.7 Å². The van der Waals surface area contributed by atoms with Crippen LogP contribution in [0.2, 0.25) is 5.02 Å². The lowest BCUT2D eigenvalue weighted by Gasteiger charge is -2.12. The van der Waals surface area contributed by atoms with E-state index in [-0.39, 0.29) is 29.2 Å². The highest BCUT2D eigenvalue weighted by molar-refractivity contribution is 6.33. The first kappa shape index (κ1) is 19.7. The van der Waals surface area contributed by atoms with E-state index in [1.807, 2.05) is 6.07 Å². The first-order valence-electron chi connectivity index (χ1n) is 9.15. The van der Waals surface area contributed by atoms with Crippen molar-refractivity contribution in [1.29, 1.82) is 0 Å². The number of fused-ring (bicyclic) bond motifs is 1. The smallest absolute Gasteiger partial charge is 0.275 e. The summed E-state index contributed by atoms with van der Waals surface area (Å²) in [6.07, 6.45) is 1.64. The summed E-state index contributed by atoms with van der Waals surface area (Å²) in [5.74, 6) is -1.37. The molecular weight excluding hydrogens is 407 g/mol. The zero-order valence-corrected chi connectivity index (χ0v) is 16.4. The molecule has 150 valence electrons. The van der Waals surface area contributed by atoms with Crippen molar-refractivity contribution in [1.82, 2.24) is 20.1 Å². The number of rotatable bonds is 5. The standard InChI is InChI=1S/C22H16ClFN4O2/c23-17-9-5-10-18(24)20(17)21(29)26-12-19-15-7-1-2-8-16(15)22(30)28(27-19)13-14-6-3-4-11-25-14/h1-11H,12-13H2,(H,26,29). The SMILES string of the molecule is O=C(NCc1nn(Cc2ccccn2)c(=O)c2ccccc12)c1c(F)cccc1Cl. The van der Waals surface area contributed by atoms with Gasteiger partial charge in [0.25, 0.3) is 11.5 Å². The van der Waals surface area contributed by atoms with E-state index in [0.29, 0.717) is 22.2 Å². The Balaban J connectivity index is 1.69. The second kappa shape index (κ2) is 8.42. The minimum atomic E-state index is -0.710. The third-order valence-corrected chi connectivity index (χ3v) is 4.90. The van der Waals surface area contributed by atoms with Gasteiger partial charge < -0.3 is 5.32 Å². The summed E-state index contributed by atoms with van der Waals surface area (Å²) in [4.78, 5) is 29.6. The van der Waals surface area contributed by atoms with Crippen LogP contribution in [0.15, 0.2) is 71.7 Å². The lowest BCUT2D eigenvalue weighted by atomic mass is 10.1. The molecule has 0 atom stereocenters. The first-order chi connectivity index (χ1) is 14.5. The van der Waals surface area contributed by atoms with Crippen molar-refractivity contribution in [2.24, 2.45) is 0 Å². The van der Waals surface area contributed by atoms with Crippen LogP contribution in [0.25, 0.3) is 10.8 Å². The number of halogens is 2. The Labute approximate surface area is 176 Å². The maximum absolute atomic E-state index is 14.0. The molecular formula is C22H16ClFN4O2. The van der Waals surface area contributed by atoms with E-state index in [2.05, 4.69) is 15.4 Å². The molecule has 6 nitrogen and oxygen atoms in total. The number of pyridine rings is 1. The van der Waals surface area contributed by atoms with Crippen molar-refractivity contribution in [2.75, 3.05) is 0 Å². The molecule has 0 unspecified atom stereocenters. The lowest BCUT2D eigenvalue weighted by molar-refractivity contribution is 0.0946. The average molecular weight is 423 g/mol. The molecule has 0 saturated carbocycles. The van der Waals surface area contributed by atoms with Crippen LogP contribution in [0, 0.1) is 5.82 Å². The molecule has 0 aliphatic heterocycles.